The van der Waals surface area contributed by atoms with Crippen molar-refractivity contribution in [3.63, 3.8) is 0 Å². The molecule has 100 valence electrons. The van der Waals surface area contributed by atoms with Crippen LogP contribution in [0.3, 0.4) is 0 Å². The number of methoxy groups -OCH3 is 1. The normalized spacial score (nSPS) is 19.4. The summed E-state index contributed by atoms with van der Waals surface area (Å²) in [6.07, 6.45) is 8.91. The van der Waals surface area contributed by atoms with Gasteiger partial charge in [0.05, 0.1) is 5.69 Å². The predicted molar refractivity (Wildman–Crippen MR) is 71.2 cm³/mol. The summed E-state index contributed by atoms with van der Waals surface area (Å²) in [6.45, 7) is 0.773. The summed E-state index contributed by atoms with van der Waals surface area (Å²) in [4.78, 5) is 9.14. The first-order valence-corrected chi connectivity index (χ1v) is 6.83. The zero-order valence-electron chi connectivity index (χ0n) is 11.4. The second-order valence-corrected chi connectivity index (χ2v) is 5.01. The fourth-order valence-electron chi connectivity index (χ4n) is 2.71. The molecule has 1 aliphatic carbocycles. The highest BCUT2D eigenvalue weighted by Crippen LogP contribution is 2.37. The molecule has 1 aliphatic rings. The lowest BCUT2D eigenvalue weighted by Gasteiger charge is -2.29. The van der Waals surface area contributed by atoms with Crippen molar-refractivity contribution < 1.29 is 4.74 Å². The summed E-state index contributed by atoms with van der Waals surface area (Å²) in [6, 6.07) is 1.96. The monoisotopic (exact) mass is 249 g/mol. The molecule has 1 aromatic heterocycles. The molecule has 0 saturated heterocycles. The highest BCUT2D eigenvalue weighted by Gasteiger charge is 2.35. The van der Waals surface area contributed by atoms with E-state index in [-0.39, 0.29) is 5.60 Å². The maximum Gasteiger partial charge on any atom is 0.160 e. The molecule has 0 unspecified atom stereocenters. The Bertz CT molecular complexity index is 373. The van der Waals surface area contributed by atoms with E-state index in [1.807, 2.05) is 19.3 Å². The first-order chi connectivity index (χ1) is 8.80. The minimum Gasteiger partial charge on any atom is -0.370 e. The molecule has 2 rings (SSSR count). The SMILES string of the molecule is CNCc1ccnc(C2(OC)CCCCCC2)n1. The van der Waals surface area contributed by atoms with Gasteiger partial charge in [-0.1, -0.05) is 25.7 Å². The first kappa shape index (κ1) is 13.4. The second kappa shape index (κ2) is 6.25. The van der Waals surface area contributed by atoms with E-state index in [4.69, 9.17) is 4.74 Å². The minimum absolute atomic E-state index is 0.264. The quantitative estimate of drug-likeness (QED) is 0.832. The van der Waals surface area contributed by atoms with E-state index in [1.165, 1.54) is 25.7 Å². The van der Waals surface area contributed by atoms with E-state index >= 15 is 0 Å². The van der Waals surface area contributed by atoms with Crippen molar-refractivity contribution in [3.05, 3.63) is 23.8 Å². The molecule has 18 heavy (non-hydrogen) atoms. The van der Waals surface area contributed by atoms with Gasteiger partial charge in [0.25, 0.3) is 0 Å². The van der Waals surface area contributed by atoms with Gasteiger partial charge in [0.2, 0.25) is 0 Å². The van der Waals surface area contributed by atoms with Crippen LogP contribution in [0.5, 0.6) is 0 Å². The highest BCUT2D eigenvalue weighted by atomic mass is 16.5. The Morgan fingerprint density at radius 1 is 1.28 bits per heavy atom. The van der Waals surface area contributed by atoms with E-state index in [0.717, 1.165) is 30.9 Å². The van der Waals surface area contributed by atoms with Gasteiger partial charge in [0, 0.05) is 19.9 Å². The maximum atomic E-state index is 5.83. The number of nitrogens with zero attached hydrogens (tertiary/aromatic N) is 2. The molecule has 4 nitrogen and oxygen atoms in total. The van der Waals surface area contributed by atoms with Crippen LogP contribution in [-0.2, 0) is 16.9 Å². The van der Waals surface area contributed by atoms with Crippen molar-refractivity contribution in [1.82, 2.24) is 15.3 Å². The average Bonchev–Trinajstić information content (AvgIpc) is 2.66. The van der Waals surface area contributed by atoms with E-state index in [0.29, 0.717) is 0 Å². The van der Waals surface area contributed by atoms with Crippen molar-refractivity contribution in [3.8, 4) is 0 Å². The molecular formula is C14H23N3O. The third kappa shape index (κ3) is 2.87. The van der Waals surface area contributed by atoms with Crippen LogP contribution in [0.1, 0.15) is 50.0 Å². The molecule has 0 aromatic carbocycles. The van der Waals surface area contributed by atoms with Crippen LogP contribution in [0.15, 0.2) is 12.3 Å². The summed E-state index contributed by atoms with van der Waals surface area (Å²) in [5.41, 5.74) is 0.767. The first-order valence-electron chi connectivity index (χ1n) is 6.83. The van der Waals surface area contributed by atoms with Gasteiger partial charge in [0.15, 0.2) is 5.82 Å². The van der Waals surface area contributed by atoms with Gasteiger partial charge < -0.3 is 10.1 Å². The lowest BCUT2D eigenvalue weighted by Crippen LogP contribution is -2.31. The van der Waals surface area contributed by atoms with Crippen molar-refractivity contribution in [2.24, 2.45) is 0 Å². The fraction of sp³-hybridized carbons (Fsp3) is 0.714. The molecule has 1 fully saturated rings. The lowest BCUT2D eigenvalue weighted by molar-refractivity contribution is -0.0353. The molecule has 0 radical (unpaired) electrons. The summed E-state index contributed by atoms with van der Waals surface area (Å²) >= 11 is 0. The van der Waals surface area contributed by atoms with Crippen LogP contribution in [0.2, 0.25) is 0 Å². The molecule has 0 bridgehead atoms. The zero-order chi connectivity index (χ0) is 12.8. The second-order valence-electron chi connectivity index (χ2n) is 5.01. The van der Waals surface area contributed by atoms with Gasteiger partial charge >= 0.3 is 0 Å². The van der Waals surface area contributed by atoms with Crippen LogP contribution < -0.4 is 5.32 Å². The Morgan fingerprint density at radius 3 is 2.61 bits per heavy atom. The summed E-state index contributed by atoms with van der Waals surface area (Å²) < 4.78 is 5.83. The smallest absolute Gasteiger partial charge is 0.160 e. The molecule has 4 heteroatoms. The lowest BCUT2D eigenvalue weighted by atomic mass is 9.93. The molecule has 0 atom stereocenters. The molecule has 0 aliphatic heterocycles. The minimum atomic E-state index is -0.264. The van der Waals surface area contributed by atoms with Crippen molar-refractivity contribution in [1.29, 1.82) is 0 Å². The van der Waals surface area contributed by atoms with Gasteiger partial charge in [-0.2, -0.15) is 0 Å². The molecule has 1 aromatic rings. The number of rotatable bonds is 4. The van der Waals surface area contributed by atoms with E-state index < -0.39 is 0 Å². The molecule has 1 heterocycles. The van der Waals surface area contributed by atoms with Gasteiger partial charge in [-0.3, -0.25) is 0 Å². The number of aromatic nitrogens is 2. The fourth-order valence-corrected chi connectivity index (χ4v) is 2.71. The van der Waals surface area contributed by atoms with Gasteiger partial charge in [-0.25, -0.2) is 9.97 Å². The van der Waals surface area contributed by atoms with Gasteiger partial charge in [-0.15, -0.1) is 0 Å². The van der Waals surface area contributed by atoms with E-state index in [1.54, 1.807) is 7.11 Å². The molecule has 1 N–H and O–H groups in total. The topological polar surface area (TPSA) is 47.0 Å². The van der Waals surface area contributed by atoms with Crippen molar-refractivity contribution in [2.75, 3.05) is 14.2 Å². The highest BCUT2D eigenvalue weighted by molar-refractivity contribution is 5.09. The Kier molecular flexibility index (Phi) is 4.66. The molecule has 0 amide bonds. The van der Waals surface area contributed by atoms with Crippen molar-refractivity contribution in [2.45, 2.75) is 50.7 Å². The Labute approximate surface area is 109 Å². The summed E-state index contributed by atoms with van der Waals surface area (Å²) in [5, 5.41) is 3.13. The zero-order valence-corrected chi connectivity index (χ0v) is 11.4. The van der Waals surface area contributed by atoms with Crippen LogP contribution in [0.4, 0.5) is 0 Å². The number of hydrogen-bond acceptors (Lipinski definition) is 4. The maximum absolute atomic E-state index is 5.83. The summed E-state index contributed by atoms with van der Waals surface area (Å²) in [7, 11) is 3.72. The van der Waals surface area contributed by atoms with E-state index in [9.17, 15) is 0 Å². The molecular weight excluding hydrogens is 226 g/mol. The van der Waals surface area contributed by atoms with Gasteiger partial charge in [0.1, 0.15) is 5.60 Å². The molecule has 1 saturated carbocycles. The number of nitrogens with one attached hydrogen (secondary N) is 1. The standard InChI is InChI=1S/C14H23N3O/c1-15-11-12-7-10-16-13(17-12)14(18-2)8-5-3-4-6-9-14/h7,10,15H,3-6,8-9,11H2,1-2H3. The molecule has 0 spiro atoms. The van der Waals surface area contributed by atoms with Crippen LogP contribution in [0.25, 0.3) is 0 Å². The van der Waals surface area contributed by atoms with Crippen molar-refractivity contribution >= 4 is 0 Å². The van der Waals surface area contributed by atoms with Crippen LogP contribution in [-0.4, -0.2) is 24.1 Å². The predicted octanol–water partition coefficient (Wildman–Crippen LogP) is 2.39. The average molecular weight is 249 g/mol. The third-order valence-corrected chi connectivity index (χ3v) is 3.78. The number of hydrogen-bond donors (Lipinski definition) is 1. The largest absolute Gasteiger partial charge is 0.370 e. The summed E-state index contributed by atoms with van der Waals surface area (Å²) in [5.74, 6) is 0.861. The van der Waals surface area contributed by atoms with Gasteiger partial charge in [-0.05, 0) is 26.0 Å². The Balaban J connectivity index is 2.27. The Morgan fingerprint density at radius 2 is 2.00 bits per heavy atom. The van der Waals surface area contributed by atoms with E-state index in [2.05, 4.69) is 15.3 Å². The number of ether oxygens (including phenoxy) is 1. The third-order valence-electron chi connectivity index (χ3n) is 3.78. The van der Waals surface area contributed by atoms with Crippen LogP contribution >= 0.6 is 0 Å². The van der Waals surface area contributed by atoms with Crippen LogP contribution in [0, 0.1) is 0 Å². The Hall–Kier alpha value is -1.00.